The van der Waals surface area contributed by atoms with Gasteiger partial charge in [0.1, 0.15) is 0 Å². The van der Waals surface area contributed by atoms with Crippen LogP contribution in [0.2, 0.25) is 0 Å². The van der Waals surface area contributed by atoms with Crippen LogP contribution >= 0.6 is 0 Å². The van der Waals surface area contributed by atoms with Crippen molar-refractivity contribution < 1.29 is 14.7 Å². The van der Waals surface area contributed by atoms with E-state index in [2.05, 4.69) is 5.32 Å². The quantitative estimate of drug-likeness (QED) is 0.640. The Morgan fingerprint density at radius 3 is 2.50 bits per heavy atom. The van der Waals surface area contributed by atoms with Crippen molar-refractivity contribution in [2.45, 2.75) is 39.8 Å². The van der Waals surface area contributed by atoms with Gasteiger partial charge in [-0.25, -0.2) is 0 Å². The minimum atomic E-state index is -0.646. The fraction of sp³-hybridized carbons (Fsp3) is 0.818. The van der Waals surface area contributed by atoms with Gasteiger partial charge >= 0.3 is 11.8 Å². The lowest BCUT2D eigenvalue weighted by atomic mass is 9.94. The Kier molecular flexibility index (Phi) is 3.57. The molecule has 0 aromatic heterocycles. The van der Waals surface area contributed by atoms with Crippen LogP contribution in [-0.2, 0) is 9.59 Å². The number of nitrogens with zero attached hydrogens (tertiary/aromatic N) is 1. The van der Waals surface area contributed by atoms with Crippen molar-refractivity contribution in [3.63, 3.8) is 0 Å². The van der Waals surface area contributed by atoms with Gasteiger partial charge in [0.25, 0.3) is 0 Å². The van der Waals surface area contributed by atoms with Gasteiger partial charge < -0.3 is 15.3 Å². The van der Waals surface area contributed by atoms with Crippen LogP contribution in [0, 0.1) is 5.41 Å². The third-order valence-electron chi connectivity index (χ3n) is 2.53. The lowest BCUT2D eigenvalue weighted by molar-refractivity contribution is -0.153. The van der Waals surface area contributed by atoms with E-state index in [1.54, 1.807) is 6.92 Å². The Labute approximate surface area is 95.8 Å². The monoisotopic (exact) mass is 228 g/mol. The molecule has 0 radical (unpaired) electrons. The number of carbonyl (C=O) groups is 2. The predicted molar refractivity (Wildman–Crippen MR) is 59.6 cm³/mol. The van der Waals surface area contributed by atoms with Crippen molar-refractivity contribution >= 4 is 11.8 Å². The maximum atomic E-state index is 11.7. The van der Waals surface area contributed by atoms with Crippen LogP contribution in [0.25, 0.3) is 0 Å². The highest BCUT2D eigenvalue weighted by molar-refractivity contribution is 6.35. The first-order valence-electron chi connectivity index (χ1n) is 5.49. The molecule has 2 N–H and O–H groups in total. The van der Waals surface area contributed by atoms with E-state index in [0.29, 0.717) is 13.1 Å². The number of hydrogen-bond acceptors (Lipinski definition) is 3. The van der Waals surface area contributed by atoms with E-state index < -0.39 is 17.9 Å². The summed E-state index contributed by atoms with van der Waals surface area (Å²) in [6.07, 6.45) is -0.646. The smallest absolute Gasteiger partial charge is 0.312 e. The summed E-state index contributed by atoms with van der Waals surface area (Å²) >= 11 is 0. The van der Waals surface area contributed by atoms with E-state index in [1.165, 1.54) is 4.90 Å². The third kappa shape index (κ3) is 2.95. The van der Waals surface area contributed by atoms with Gasteiger partial charge in [-0.05, 0) is 12.3 Å². The molecule has 1 unspecified atom stereocenters. The van der Waals surface area contributed by atoms with Gasteiger partial charge in [-0.3, -0.25) is 9.59 Å². The number of aliphatic hydroxyl groups is 1. The minimum absolute atomic E-state index is 0.0968. The maximum Gasteiger partial charge on any atom is 0.312 e. The number of amides is 2. The Hall–Kier alpha value is -1.10. The fourth-order valence-electron chi connectivity index (χ4n) is 1.80. The lowest BCUT2D eigenvalue weighted by Gasteiger charge is -2.40. The summed E-state index contributed by atoms with van der Waals surface area (Å²) in [5, 5.41) is 12.1. The van der Waals surface area contributed by atoms with Crippen molar-refractivity contribution in [3.05, 3.63) is 0 Å². The van der Waals surface area contributed by atoms with Crippen LogP contribution < -0.4 is 5.32 Å². The number of rotatable bonds is 2. The van der Waals surface area contributed by atoms with E-state index in [4.69, 9.17) is 0 Å². The second-order valence-corrected chi connectivity index (χ2v) is 5.51. The largest absolute Gasteiger partial charge is 0.391 e. The molecule has 0 aromatic carbocycles. The molecule has 2 amide bonds. The molecule has 1 aliphatic rings. The minimum Gasteiger partial charge on any atom is -0.391 e. The molecule has 1 fully saturated rings. The standard InChI is InChI=1S/C11H20N2O3/c1-7(14)8-5-12-9(15)10(16)13(8)6-11(2,3)4/h7-8,14H,5-6H2,1-4H3,(H,12,15)/t7?,8-/m1/s1. The van der Waals surface area contributed by atoms with Gasteiger partial charge in [0.15, 0.2) is 0 Å². The van der Waals surface area contributed by atoms with E-state index >= 15 is 0 Å². The highest BCUT2D eigenvalue weighted by atomic mass is 16.3. The van der Waals surface area contributed by atoms with E-state index in [1.807, 2.05) is 20.8 Å². The SMILES string of the molecule is CC(O)[C@H]1CNC(=O)C(=O)N1CC(C)(C)C. The molecule has 5 heteroatoms. The Balaban J connectivity index is 2.86. The van der Waals surface area contributed by atoms with Crippen molar-refractivity contribution in [2.24, 2.45) is 5.41 Å². The molecule has 0 aliphatic carbocycles. The average molecular weight is 228 g/mol. The summed E-state index contributed by atoms with van der Waals surface area (Å²) < 4.78 is 0. The van der Waals surface area contributed by atoms with Crippen molar-refractivity contribution in [1.82, 2.24) is 10.2 Å². The average Bonchev–Trinajstić information content (AvgIpc) is 2.10. The summed E-state index contributed by atoms with van der Waals surface area (Å²) in [5.41, 5.74) is -0.0968. The van der Waals surface area contributed by atoms with Crippen LogP contribution in [0.3, 0.4) is 0 Å². The zero-order valence-electron chi connectivity index (χ0n) is 10.3. The van der Waals surface area contributed by atoms with Gasteiger partial charge in [-0.2, -0.15) is 0 Å². The first kappa shape index (κ1) is 13.0. The second-order valence-electron chi connectivity index (χ2n) is 5.51. The molecule has 92 valence electrons. The van der Waals surface area contributed by atoms with Crippen molar-refractivity contribution in [2.75, 3.05) is 13.1 Å². The number of carbonyl (C=O) groups excluding carboxylic acids is 2. The molecule has 1 aliphatic heterocycles. The number of aliphatic hydroxyl groups excluding tert-OH is 1. The lowest BCUT2D eigenvalue weighted by Crippen LogP contribution is -2.62. The molecule has 1 saturated heterocycles. The number of hydrogen-bond donors (Lipinski definition) is 2. The van der Waals surface area contributed by atoms with Crippen LogP contribution in [-0.4, -0.2) is 47.1 Å². The topological polar surface area (TPSA) is 69.6 Å². The van der Waals surface area contributed by atoms with Crippen LogP contribution in [0.5, 0.6) is 0 Å². The Morgan fingerprint density at radius 1 is 1.50 bits per heavy atom. The summed E-state index contributed by atoms with van der Waals surface area (Å²) in [5.74, 6) is -1.13. The summed E-state index contributed by atoms with van der Waals surface area (Å²) in [7, 11) is 0. The highest BCUT2D eigenvalue weighted by Crippen LogP contribution is 2.20. The zero-order valence-corrected chi connectivity index (χ0v) is 10.3. The summed E-state index contributed by atoms with van der Waals surface area (Å²) in [6, 6.07) is -0.329. The van der Waals surface area contributed by atoms with Crippen LogP contribution in [0.1, 0.15) is 27.7 Å². The van der Waals surface area contributed by atoms with E-state index in [0.717, 1.165) is 0 Å². The molecular formula is C11H20N2O3. The Bertz CT molecular complexity index is 294. The molecule has 1 heterocycles. The van der Waals surface area contributed by atoms with Gasteiger partial charge in [-0.1, -0.05) is 20.8 Å². The molecule has 0 aromatic rings. The third-order valence-corrected chi connectivity index (χ3v) is 2.53. The van der Waals surface area contributed by atoms with Gasteiger partial charge in [0, 0.05) is 13.1 Å². The Morgan fingerprint density at radius 2 is 2.06 bits per heavy atom. The van der Waals surface area contributed by atoms with Crippen LogP contribution in [0.15, 0.2) is 0 Å². The second kappa shape index (κ2) is 4.41. The van der Waals surface area contributed by atoms with Gasteiger partial charge in [0.05, 0.1) is 12.1 Å². The van der Waals surface area contributed by atoms with Crippen molar-refractivity contribution in [1.29, 1.82) is 0 Å². The van der Waals surface area contributed by atoms with Gasteiger partial charge in [0.2, 0.25) is 0 Å². The van der Waals surface area contributed by atoms with Crippen molar-refractivity contribution in [3.8, 4) is 0 Å². The van der Waals surface area contributed by atoms with Gasteiger partial charge in [-0.15, -0.1) is 0 Å². The first-order valence-corrected chi connectivity index (χ1v) is 5.49. The normalized spacial score (nSPS) is 24.3. The molecule has 16 heavy (non-hydrogen) atoms. The molecule has 0 saturated carbocycles. The first-order chi connectivity index (χ1) is 7.22. The summed E-state index contributed by atoms with van der Waals surface area (Å²) in [4.78, 5) is 24.5. The van der Waals surface area contributed by atoms with E-state index in [9.17, 15) is 14.7 Å². The maximum absolute atomic E-state index is 11.7. The van der Waals surface area contributed by atoms with E-state index in [-0.39, 0.29) is 11.5 Å². The molecule has 5 nitrogen and oxygen atoms in total. The molecule has 2 atom stereocenters. The number of piperazine rings is 1. The van der Waals surface area contributed by atoms with Crippen LogP contribution in [0.4, 0.5) is 0 Å². The molecule has 1 rings (SSSR count). The predicted octanol–water partition coefficient (Wildman–Crippen LogP) is -0.260. The highest BCUT2D eigenvalue weighted by Gasteiger charge is 2.37. The molecule has 0 spiro atoms. The summed E-state index contributed by atoms with van der Waals surface area (Å²) in [6.45, 7) is 8.39. The molecular weight excluding hydrogens is 208 g/mol. The number of nitrogens with one attached hydrogen (secondary N) is 1. The molecule has 0 bridgehead atoms. The zero-order chi connectivity index (χ0) is 12.5. The fourth-order valence-corrected chi connectivity index (χ4v) is 1.80.